The predicted octanol–water partition coefficient (Wildman–Crippen LogP) is 2.81. The molecule has 1 aromatic heterocycles. The molecular formula is C16H27N3. The van der Waals surface area contributed by atoms with E-state index >= 15 is 0 Å². The van der Waals surface area contributed by atoms with Crippen LogP contribution in [0, 0.1) is 5.92 Å². The molecule has 1 aliphatic rings. The molecule has 1 heterocycles. The first-order valence-corrected chi connectivity index (χ1v) is 7.58. The normalized spacial score (nSPS) is 27.1. The Morgan fingerprint density at radius 2 is 2.11 bits per heavy atom. The first-order valence-electron chi connectivity index (χ1n) is 7.58. The van der Waals surface area contributed by atoms with Crippen molar-refractivity contribution < 1.29 is 0 Å². The largest absolute Gasteiger partial charge is 0.329 e. The Morgan fingerprint density at radius 1 is 1.37 bits per heavy atom. The van der Waals surface area contributed by atoms with Crippen molar-refractivity contribution in [2.75, 3.05) is 13.1 Å². The van der Waals surface area contributed by atoms with E-state index in [-0.39, 0.29) is 5.54 Å². The molecule has 19 heavy (non-hydrogen) atoms. The molecule has 0 bridgehead atoms. The Kier molecular flexibility index (Phi) is 4.94. The summed E-state index contributed by atoms with van der Waals surface area (Å²) in [5, 5.41) is 0. The van der Waals surface area contributed by atoms with E-state index in [0.29, 0.717) is 0 Å². The number of nitrogens with zero attached hydrogens (tertiary/aromatic N) is 2. The van der Waals surface area contributed by atoms with Crippen LogP contribution in [0.1, 0.15) is 45.1 Å². The van der Waals surface area contributed by atoms with E-state index < -0.39 is 0 Å². The zero-order valence-electron chi connectivity index (χ0n) is 12.3. The molecule has 0 radical (unpaired) electrons. The van der Waals surface area contributed by atoms with Gasteiger partial charge in [-0.25, -0.2) is 0 Å². The smallest absolute Gasteiger partial charge is 0.0337 e. The summed E-state index contributed by atoms with van der Waals surface area (Å²) in [6, 6.07) is 4.22. The first kappa shape index (κ1) is 14.5. The van der Waals surface area contributed by atoms with Gasteiger partial charge in [-0.05, 0) is 49.4 Å². The Balaban J connectivity index is 2.11. The van der Waals surface area contributed by atoms with Crippen LogP contribution in [0.25, 0.3) is 0 Å². The Labute approximate surface area is 117 Å². The number of aromatic nitrogens is 1. The molecule has 2 rings (SSSR count). The summed E-state index contributed by atoms with van der Waals surface area (Å²) < 4.78 is 0. The molecule has 1 saturated carbocycles. The maximum Gasteiger partial charge on any atom is 0.0337 e. The molecule has 1 aromatic rings. The average molecular weight is 261 g/mol. The van der Waals surface area contributed by atoms with Gasteiger partial charge in [0.2, 0.25) is 0 Å². The van der Waals surface area contributed by atoms with Crippen molar-refractivity contribution in [3.63, 3.8) is 0 Å². The van der Waals surface area contributed by atoms with Gasteiger partial charge in [-0.3, -0.25) is 9.88 Å². The molecule has 0 amide bonds. The molecule has 0 aliphatic heterocycles. The van der Waals surface area contributed by atoms with Gasteiger partial charge in [0.15, 0.2) is 0 Å². The van der Waals surface area contributed by atoms with E-state index in [1.807, 2.05) is 12.4 Å². The maximum absolute atomic E-state index is 6.16. The van der Waals surface area contributed by atoms with E-state index in [1.165, 1.54) is 31.2 Å². The molecule has 2 unspecified atom stereocenters. The lowest BCUT2D eigenvalue weighted by molar-refractivity contribution is 0.0926. The van der Waals surface area contributed by atoms with E-state index in [4.69, 9.17) is 5.73 Å². The lowest BCUT2D eigenvalue weighted by Gasteiger charge is -2.40. The number of rotatable bonds is 6. The molecule has 2 N–H and O–H groups in total. The van der Waals surface area contributed by atoms with Crippen molar-refractivity contribution in [3.8, 4) is 0 Å². The van der Waals surface area contributed by atoms with Crippen LogP contribution in [0.2, 0.25) is 0 Å². The van der Waals surface area contributed by atoms with E-state index in [9.17, 15) is 0 Å². The minimum Gasteiger partial charge on any atom is -0.329 e. The Hall–Kier alpha value is -0.930. The van der Waals surface area contributed by atoms with Gasteiger partial charge in [0.25, 0.3) is 0 Å². The second-order valence-corrected chi connectivity index (χ2v) is 5.82. The van der Waals surface area contributed by atoms with E-state index in [0.717, 1.165) is 25.6 Å². The van der Waals surface area contributed by atoms with E-state index in [1.54, 1.807) is 0 Å². The van der Waals surface area contributed by atoms with Gasteiger partial charge in [-0.1, -0.05) is 20.3 Å². The van der Waals surface area contributed by atoms with Gasteiger partial charge in [0.05, 0.1) is 0 Å². The van der Waals surface area contributed by atoms with Crippen LogP contribution in [0.3, 0.4) is 0 Å². The lowest BCUT2D eigenvalue weighted by Crippen LogP contribution is -2.51. The van der Waals surface area contributed by atoms with Crippen LogP contribution in [-0.2, 0) is 6.54 Å². The molecule has 0 aromatic carbocycles. The molecule has 3 nitrogen and oxygen atoms in total. The highest BCUT2D eigenvalue weighted by Crippen LogP contribution is 2.40. The van der Waals surface area contributed by atoms with Crippen LogP contribution in [0.4, 0.5) is 0 Å². The zero-order valence-corrected chi connectivity index (χ0v) is 12.3. The van der Waals surface area contributed by atoms with Crippen LogP contribution >= 0.6 is 0 Å². The summed E-state index contributed by atoms with van der Waals surface area (Å²) in [6.45, 7) is 7.39. The SMILES string of the molecule is CCC1CCC(CN)(N(CC)Cc2ccncc2)C1. The van der Waals surface area contributed by atoms with Crippen molar-refractivity contribution in [1.82, 2.24) is 9.88 Å². The highest BCUT2D eigenvalue weighted by atomic mass is 15.2. The van der Waals surface area contributed by atoms with Crippen molar-refractivity contribution >= 4 is 0 Å². The van der Waals surface area contributed by atoms with Gasteiger partial charge < -0.3 is 5.73 Å². The summed E-state index contributed by atoms with van der Waals surface area (Å²) in [5.74, 6) is 0.857. The predicted molar refractivity (Wildman–Crippen MR) is 79.7 cm³/mol. The van der Waals surface area contributed by atoms with Crippen molar-refractivity contribution in [3.05, 3.63) is 30.1 Å². The molecule has 106 valence electrons. The van der Waals surface area contributed by atoms with Gasteiger partial charge in [-0.2, -0.15) is 0 Å². The topological polar surface area (TPSA) is 42.1 Å². The minimum atomic E-state index is 0.221. The molecule has 0 spiro atoms. The summed E-state index contributed by atoms with van der Waals surface area (Å²) >= 11 is 0. The average Bonchev–Trinajstić information content (AvgIpc) is 2.90. The zero-order chi connectivity index (χ0) is 13.7. The summed E-state index contributed by atoms with van der Waals surface area (Å²) in [7, 11) is 0. The van der Waals surface area contributed by atoms with Crippen LogP contribution < -0.4 is 5.73 Å². The summed E-state index contributed by atoms with van der Waals surface area (Å²) in [4.78, 5) is 6.68. The standard InChI is InChI=1S/C16H27N3/c1-3-14-5-8-16(11-14,13-17)19(4-2)12-15-6-9-18-10-7-15/h6-7,9-10,14H,3-5,8,11-13,17H2,1-2H3. The first-order chi connectivity index (χ1) is 9.24. The Morgan fingerprint density at radius 3 is 2.63 bits per heavy atom. The maximum atomic E-state index is 6.16. The van der Waals surface area contributed by atoms with Gasteiger partial charge in [0, 0.05) is 31.0 Å². The fourth-order valence-electron chi connectivity index (χ4n) is 3.49. The summed E-state index contributed by atoms with van der Waals surface area (Å²) in [6.07, 6.45) is 8.89. The number of nitrogens with two attached hydrogens (primary N) is 1. The molecule has 0 saturated heterocycles. The fraction of sp³-hybridized carbons (Fsp3) is 0.688. The van der Waals surface area contributed by atoms with Crippen LogP contribution in [0.5, 0.6) is 0 Å². The summed E-state index contributed by atoms with van der Waals surface area (Å²) in [5.41, 5.74) is 7.72. The second-order valence-electron chi connectivity index (χ2n) is 5.82. The van der Waals surface area contributed by atoms with Gasteiger partial charge in [-0.15, -0.1) is 0 Å². The highest BCUT2D eigenvalue weighted by Gasteiger charge is 2.41. The monoisotopic (exact) mass is 261 g/mol. The fourth-order valence-corrected chi connectivity index (χ4v) is 3.49. The van der Waals surface area contributed by atoms with Crippen LogP contribution in [-0.4, -0.2) is 28.5 Å². The molecule has 1 fully saturated rings. The second kappa shape index (κ2) is 6.49. The number of hydrogen-bond donors (Lipinski definition) is 1. The van der Waals surface area contributed by atoms with Gasteiger partial charge >= 0.3 is 0 Å². The minimum absolute atomic E-state index is 0.221. The van der Waals surface area contributed by atoms with Crippen molar-refractivity contribution in [2.24, 2.45) is 11.7 Å². The highest BCUT2D eigenvalue weighted by molar-refractivity contribution is 5.11. The lowest BCUT2D eigenvalue weighted by atomic mass is 9.92. The van der Waals surface area contributed by atoms with E-state index in [2.05, 4.69) is 35.9 Å². The van der Waals surface area contributed by atoms with Crippen molar-refractivity contribution in [2.45, 2.75) is 51.6 Å². The third kappa shape index (κ3) is 3.15. The Bertz CT molecular complexity index is 379. The molecule has 2 atom stereocenters. The third-order valence-corrected chi connectivity index (χ3v) is 4.82. The van der Waals surface area contributed by atoms with Crippen molar-refractivity contribution in [1.29, 1.82) is 0 Å². The van der Waals surface area contributed by atoms with Crippen LogP contribution in [0.15, 0.2) is 24.5 Å². The number of hydrogen-bond acceptors (Lipinski definition) is 3. The number of pyridine rings is 1. The number of likely N-dealkylation sites (N-methyl/N-ethyl adjacent to an activating group) is 1. The molecule has 3 heteroatoms. The molecular weight excluding hydrogens is 234 g/mol. The van der Waals surface area contributed by atoms with Gasteiger partial charge in [0.1, 0.15) is 0 Å². The third-order valence-electron chi connectivity index (χ3n) is 4.82. The molecule has 1 aliphatic carbocycles. The quantitative estimate of drug-likeness (QED) is 0.856.